The van der Waals surface area contributed by atoms with Crippen LogP contribution in [0.25, 0.3) is 0 Å². The van der Waals surface area contributed by atoms with Crippen molar-refractivity contribution in [3.63, 3.8) is 0 Å². The smallest absolute Gasteiger partial charge is 0.224 e. The van der Waals surface area contributed by atoms with Gasteiger partial charge in [0.05, 0.1) is 13.5 Å². The van der Waals surface area contributed by atoms with Gasteiger partial charge in [-0.3, -0.25) is 4.79 Å². The normalized spacial score (nSPS) is 11.9. The number of nitrogens with one attached hydrogen (secondary N) is 1. The predicted molar refractivity (Wildman–Crippen MR) is 70.6 cm³/mol. The molecule has 1 rings (SSSR count). The largest absolute Gasteiger partial charge is 0.497 e. The fourth-order valence-corrected chi connectivity index (χ4v) is 1.76. The topological polar surface area (TPSA) is 58.6 Å². The van der Waals surface area contributed by atoms with E-state index in [1.165, 1.54) is 0 Å². The van der Waals surface area contributed by atoms with Crippen LogP contribution in [0, 0.1) is 0 Å². The van der Waals surface area contributed by atoms with Crippen molar-refractivity contribution >= 4 is 5.91 Å². The molecule has 0 aliphatic rings. The molecular weight excluding hydrogens is 230 g/mol. The predicted octanol–water partition coefficient (Wildman–Crippen LogP) is 1.51. The first-order valence-electron chi connectivity index (χ1n) is 6.19. The van der Waals surface area contributed by atoms with Gasteiger partial charge in [-0.2, -0.15) is 0 Å². The van der Waals surface area contributed by atoms with Crippen molar-refractivity contribution in [1.29, 1.82) is 0 Å². The van der Waals surface area contributed by atoms with Crippen LogP contribution >= 0.6 is 0 Å². The molecule has 2 N–H and O–H groups in total. The Hall–Kier alpha value is -1.55. The van der Waals surface area contributed by atoms with E-state index in [1.54, 1.807) is 7.11 Å². The lowest BCUT2D eigenvalue weighted by Crippen LogP contribution is -2.33. The van der Waals surface area contributed by atoms with Gasteiger partial charge in [0.25, 0.3) is 0 Å². The number of hydrogen-bond donors (Lipinski definition) is 2. The molecular formula is C14H21NO3. The summed E-state index contributed by atoms with van der Waals surface area (Å²) in [5, 5.41) is 11.6. The molecule has 0 aliphatic carbocycles. The van der Waals surface area contributed by atoms with Crippen molar-refractivity contribution in [3.05, 3.63) is 29.8 Å². The molecule has 0 fully saturated rings. The van der Waals surface area contributed by atoms with E-state index < -0.39 is 0 Å². The highest BCUT2D eigenvalue weighted by Gasteiger charge is 2.08. The number of hydrogen-bond acceptors (Lipinski definition) is 3. The molecule has 0 saturated carbocycles. The second-order valence-corrected chi connectivity index (χ2v) is 4.36. The van der Waals surface area contributed by atoms with Crippen molar-refractivity contribution < 1.29 is 14.6 Å². The lowest BCUT2D eigenvalue weighted by molar-refractivity contribution is -0.121. The Balaban J connectivity index is 2.43. The Labute approximate surface area is 108 Å². The molecule has 0 heterocycles. The highest BCUT2D eigenvalue weighted by molar-refractivity contribution is 5.78. The van der Waals surface area contributed by atoms with Crippen LogP contribution in [0.3, 0.4) is 0 Å². The molecule has 4 nitrogen and oxygen atoms in total. The van der Waals surface area contributed by atoms with E-state index in [9.17, 15) is 4.79 Å². The highest BCUT2D eigenvalue weighted by Crippen LogP contribution is 2.12. The maximum atomic E-state index is 11.8. The van der Waals surface area contributed by atoms with Crippen LogP contribution in [0.4, 0.5) is 0 Å². The summed E-state index contributed by atoms with van der Waals surface area (Å²) in [4.78, 5) is 11.8. The van der Waals surface area contributed by atoms with Crippen LogP contribution in [-0.4, -0.2) is 30.8 Å². The number of amides is 1. The first-order valence-corrected chi connectivity index (χ1v) is 6.19. The van der Waals surface area contributed by atoms with Gasteiger partial charge in [0.2, 0.25) is 5.91 Å². The standard InChI is InChI=1S/C14H21NO3/c1-11(5-4-8-16)15-14(17)10-12-6-3-7-13(9-12)18-2/h3,6-7,9,11,16H,4-5,8,10H2,1-2H3,(H,15,17). The van der Waals surface area contributed by atoms with Gasteiger partial charge in [0, 0.05) is 12.6 Å². The number of carbonyl (C=O) groups is 1. The van der Waals surface area contributed by atoms with Gasteiger partial charge >= 0.3 is 0 Å². The van der Waals surface area contributed by atoms with E-state index in [-0.39, 0.29) is 18.6 Å². The molecule has 100 valence electrons. The van der Waals surface area contributed by atoms with E-state index in [0.29, 0.717) is 12.8 Å². The molecule has 4 heteroatoms. The minimum atomic E-state index is -0.00584. The Bertz CT molecular complexity index is 379. The summed E-state index contributed by atoms with van der Waals surface area (Å²) < 4.78 is 5.11. The maximum absolute atomic E-state index is 11.8. The fourth-order valence-electron chi connectivity index (χ4n) is 1.76. The summed E-state index contributed by atoms with van der Waals surface area (Å²) in [6.45, 7) is 2.11. The molecule has 1 aromatic carbocycles. The van der Waals surface area contributed by atoms with Gasteiger partial charge in [-0.1, -0.05) is 12.1 Å². The summed E-state index contributed by atoms with van der Waals surface area (Å²) in [7, 11) is 1.61. The van der Waals surface area contributed by atoms with Gasteiger partial charge in [-0.05, 0) is 37.5 Å². The highest BCUT2D eigenvalue weighted by atomic mass is 16.5. The molecule has 1 amide bonds. The Morgan fingerprint density at radius 1 is 1.50 bits per heavy atom. The number of rotatable bonds is 7. The Kier molecular flexibility index (Phi) is 6.22. The first kappa shape index (κ1) is 14.5. The molecule has 0 radical (unpaired) electrons. The van der Waals surface area contributed by atoms with E-state index in [4.69, 9.17) is 9.84 Å². The van der Waals surface area contributed by atoms with Crippen LogP contribution in [0.15, 0.2) is 24.3 Å². The first-order chi connectivity index (χ1) is 8.65. The Morgan fingerprint density at radius 3 is 2.94 bits per heavy atom. The zero-order chi connectivity index (χ0) is 13.4. The second-order valence-electron chi connectivity index (χ2n) is 4.36. The van der Waals surface area contributed by atoms with Gasteiger partial charge in [0.1, 0.15) is 5.75 Å². The van der Waals surface area contributed by atoms with Crippen LogP contribution in [-0.2, 0) is 11.2 Å². The van der Waals surface area contributed by atoms with Crippen LogP contribution in [0.1, 0.15) is 25.3 Å². The summed E-state index contributed by atoms with van der Waals surface area (Å²) >= 11 is 0. The zero-order valence-corrected chi connectivity index (χ0v) is 11.0. The molecule has 0 aliphatic heterocycles. The number of ether oxygens (including phenoxy) is 1. The van der Waals surface area contributed by atoms with Crippen LogP contribution < -0.4 is 10.1 Å². The van der Waals surface area contributed by atoms with Gasteiger partial charge in [-0.15, -0.1) is 0 Å². The minimum Gasteiger partial charge on any atom is -0.497 e. The number of methoxy groups -OCH3 is 1. The zero-order valence-electron chi connectivity index (χ0n) is 11.0. The van der Waals surface area contributed by atoms with Crippen molar-refractivity contribution in [3.8, 4) is 5.75 Å². The number of aliphatic hydroxyl groups is 1. The van der Waals surface area contributed by atoms with Crippen molar-refractivity contribution in [2.45, 2.75) is 32.2 Å². The van der Waals surface area contributed by atoms with Crippen molar-refractivity contribution in [2.24, 2.45) is 0 Å². The second kappa shape index (κ2) is 7.71. The van der Waals surface area contributed by atoms with E-state index >= 15 is 0 Å². The lowest BCUT2D eigenvalue weighted by Gasteiger charge is -2.13. The quantitative estimate of drug-likeness (QED) is 0.772. The summed E-state index contributed by atoms with van der Waals surface area (Å²) in [6, 6.07) is 7.58. The van der Waals surface area contributed by atoms with E-state index in [0.717, 1.165) is 17.7 Å². The summed E-state index contributed by atoms with van der Waals surface area (Å²) in [5.74, 6) is 0.752. The minimum absolute atomic E-state index is 0.00584. The third kappa shape index (κ3) is 5.19. The summed E-state index contributed by atoms with van der Waals surface area (Å²) in [5.41, 5.74) is 0.932. The average molecular weight is 251 g/mol. The maximum Gasteiger partial charge on any atom is 0.224 e. The average Bonchev–Trinajstić information content (AvgIpc) is 2.36. The van der Waals surface area contributed by atoms with Gasteiger partial charge < -0.3 is 15.2 Å². The molecule has 1 unspecified atom stereocenters. The van der Waals surface area contributed by atoms with Crippen molar-refractivity contribution in [2.75, 3.05) is 13.7 Å². The summed E-state index contributed by atoms with van der Waals surface area (Å²) in [6.07, 6.45) is 1.85. The molecule has 0 spiro atoms. The lowest BCUT2D eigenvalue weighted by atomic mass is 10.1. The monoisotopic (exact) mass is 251 g/mol. The molecule has 18 heavy (non-hydrogen) atoms. The molecule has 1 atom stereocenters. The molecule has 0 bridgehead atoms. The Morgan fingerprint density at radius 2 is 2.28 bits per heavy atom. The number of benzene rings is 1. The SMILES string of the molecule is COc1cccc(CC(=O)NC(C)CCCO)c1. The van der Waals surface area contributed by atoms with E-state index in [1.807, 2.05) is 31.2 Å². The van der Waals surface area contributed by atoms with Crippen LogP contribution in [0.5, 0.6) is 5.75 Å². The fraction of sp³-hybridized carbons (Fsp3) is 0.500. The molecule has 0 saturated heterocycles. The molecule has 1 aromatic rings. The number of aliphatic hydroxyl groups excluding tert-OH is 1. The molecule has 0 aromatic heterocycles. The van der Waals surface area contributed by atoms with Gasteiger partial charge in [0.15, 0.2) is 0 Å². The van der Waals surface area contributed by atoms with E-state index in [2.05, 4.69) is 5.32 Å². The number of carbonyl (C=O) groups excluding carboxylic acids is 1. The van der Waals surface area contributed by atoms with Crippen molar-refractivity contribution in [1.82, 2.24) is 5.32 Å². The van der Waals surface area contributed by atoms with Crippen LogP contribution in [0.2, 0.25) is 0 Å². The third-order valence-corrected chi connectivity index (χ3v) is 2.70. The third-order valence-electron chi connectivity index (χ3n) is 2.70. The van der Waals surface area contributed by atoms with Gasteiger partial charge in [-0.25, -0.2) is 0 Å².